The van der Waals surface area contributed by atoms with Gasteiger partial charge in [-0.25, -0.2) is 9.97 Å². The van der Waals surface area contributed by atoms with Crippen molar-refractivity contribution in [3.8, 4) is 11.4 Å². The minimum absolute atomic E-state index is 0.130. The Bertz CT molecular complexity index is 1580. The van der Waals surface area contributed by atoms with Crippen molar-refractivity contribution in [3.63, 3.8) is 0 Å². The van der Waals surface area contributed by atoms with Gasteiger partial charge in [-0.15, -0.1) is 10.2 Å². The zero-order valence-corrected chi connectivity index (χ0v) is 19.6. The first kappa shape index (κ1) is 21.9. The van der Waals surface area contributed by atoms with Crippen LogP contribution in [0.3, 0.4) is 0 Å². The van der Waals surface area contributed by atoms with Crippen molar-refractivity contribution >= 4 is 33.4 Å². The summed E-state index contributed by atoms with van der Waals surface area (Å²) >= 11 is 1.41. The number of H-pyrrole nitrogens is 1. The molecule has 6 rings (SSSR count). The third kappa shape index (κ3) is 4.29. The van der Waals surface area contributed by atoms with Crippen molar-refractivity contribution in [2.45, 2.75) is 25.4 Å². The second-order valence-corrected chi connectivity index (χ2v) is 9.22. The summed E-state index contributed by atoms with van der Waals surface area (Å²) in [4.78, 5) is 33.8. The summed E-state index contributed by atoms with van der Waals surface area (Å²) < 4.78 is 5.22. The molecule has 0 saturated carbocycles. The Labute approximate surface area is 208 Å². The van der Waals surface area contributed by atoms with Gasteiger partial charge in [-0.05, 0) is 58.4 Å². The molecule has 3 heterocycles. The fourth-order valence-electron chi connectivity index (χ4n) is 4.32. The number of aromatic nitrogens is 7. The van der Waals surface area contributed by atoms with E-state index in [1.807, 2.05) is 42.6 Å². The Morgan fingerprint density at radius 1 is 1.06 bits per heavy atom. The maximum absolute atomic E-state index is 12.9. The molecule has 2 aromatic carbocycles. The zero-order valence-electron chi connectivity index (χ0n) is 18.8. The summed E-state index contributed by atoms with van der Waals surface area (Å²) in [7, 11) is 0. The van der Waals surface area contributed by atoms with Gasteiger partial charge in [-0.1, -0.05) is 24.3 Å². The number of carbonyl (C=O) groups excluding carboxylic acids is 2. The molecule has 12 heteroatoms. The number of rotatable bonds is 6. The highest BCUT2D eigenvalue weighted by molar-refractivity contribution is 7.13. The van der Waals surface area contributed by atoms with E-state index in [4.69, 9.17) is 0 Å². The third-order valence-corrected chi connectivity index (χ3v) is 6.90. The first-order chi connectivity index (χ1) is 17.6. The van der Waals surface area contributed by atoms with Crippen molar-refractivity contribution in [1.29, 1.82) is 0 Å². The Morgan fingerprint density at radius 3 is 2.81 bits per heavy atom. The highest BCUT2D eigenvalue weighted by Gasteiger charge is 2.26. The molecule has 5 aromatic rings. The van der Waals surface area contributed by atoms with E-state index in [1.165, 1.54) is 23.9 Å². The molecule has 1 aliphatic carbocycles. The van der Waals surface area contributed by atoms with Crippen LogP contribution >= 0.6 is 11.5 Å². The van der Waals surface area contributed by atoms with Gasteiger partial charge in [0, 0.05) is 29.8 Å². The number of fused-ring (bicyclic) bond motifs is 2. The van der Waals surface area contributed by atoms with Crippen LogP contribution in [0.1, 0.15) is 50.1 Å². The first-order valence-corrected chi connectivity index (χ1v) is 12.0. The number of hydrogen-bond donors (Lipinski definition) is 3. The van der Waals surface area contributed by atoms with E-state index >= 15 is 0 Å². The third-order valence-electron chi connectivity index (χ3n) is 6.14. The SMILES string of the molecule is O=C(NCc1ccc2cnsc2c1)c1cc(C(=O)N[C@@H]2CCc3cc(-c4nn[nH]n4)ccc32)ncn1. The van der Waals surface area contributed by atoms with Gasteiger partial charge in [0.1, 0.15) is 17.7 Å². The van der Waals surface area contributed by atoms with E-state index in [-0.39, 0.29) is 29.2 Å². The maximum atomic E-state index is 12.9. The van der Waals surface area contributed by atoms with Gasteiger partial charge in [-0.2, -0.15) is 9.59 Å². The first-order valence-electron chi connectivity index (χ1n) is 11.2. The molecular formula is C24H19N9O2S. The molecule has 178 valence electrons. The fraction of sp³-hybridized carbons (Fsp3) is 0.167. The van der Waals surface area contributed by atoms with Gasteiger partial charge < -0.3 is 10.6 Å². The van der Waals surface area contributed by atoms with Crippen molar-refractivity contribution in [2.24, 2.45) is 0 Å². The molecule has 0 unspecified atom stereocenters. The number of nitrogens with one attached hydrogen (secondary N) is 3. The van der Waals surface area contributed by atoms with Gasteiger partial charge in [0.2, 0.25) is 5.82 Å². The Morgan fingerprint density at radius 2 is 1.94 bits per heavy atom. The maximum Gasteiger partial charge on any atom is 0.270 e. The van der Waals surface area contributed by atoms with Crippen LogP contribution in [0.15, 0.2) is 55.0 Å². The lowest BCUT2D eigenvalue weighted by molar-refractivity contribution is 0.0931. The number of aryl methyl sites for hydroxylation is 1. The molecule has 2 amide bonds. The molecule has 1 atom stereocenters. The molecular weight excluding hydrogens is 478 g/mol. The van der Waals surface area contributed by atoms with Crippen LogP contribution in [0.5, 0.6) is 0 Å². The second kappa shape index (κ2) is 9.23. The monoisotopic (exact) mass is 497 g/mol. The minimum atomic E-state index is -0.379. The van der Waals surface area contributed by atoms with E-state index in [0.717, 1.165) is 45.2 Å². The molecule has 0 fully saturated rings. The van der Waals surface area contributed by atoms with Crippen molar-refractivity contribution in [2.75, 3.05) is 0 Å². The molecule has 0 radical (unpaired) electrons. The van der Waals surface area contributed by atoms with Crippen LogP contribution in [-0.2, 0) is 13.0 Å². The summed E-state index contributed by atoms with van der Waals surface area (Å²) in [5.41, 5.74) is 4.26. The van der Waals surface area contributed by atoms with E-state index < -0.39 is 0 Å². The minimum Gasteiger partial charge on any atom is -0.347 e. The molecule has 0 aliphatic heterocycles. The second-order valence-electron chi connectivity index (χ2n) is 8.38. The average molecular weight is 498 g/mol. The predicted octanol–water partition coefficient (Wildman–Crippen LogP) is 2.61. The molecule has 36 heavy (non-hydrogen) atoms. The molecule has 1 aliphatic rings. The Balaban J connectivity index is 1.11. The molecule has 3 aromatic heterocycles. The number of benzene rings is 2. The molecule has 0 saturated heterocycles. The topological polar surface area (TPSA) is 151 Å². The molecule has 11 nitrogen and oxygen atoms in total. The number of aromatic amines is 1. The average Bonchev–Trinajstić information content (AvgIpc) is 3.68. The van der Waals surface area contributed by atoms with E-state index in [1.54, 1.807) is 0 Å². The van der Waals surface area contributed by atoms with Crippen LogP contribution in [0.4, 0.5) is 0 Å². The highest BCUT2D eigenvalue weighted by Crippen LogP contribution is 2.33. The van der Waals surface area contributed by atoms with Crippen molar-refractivity contribution in [1.82, 2.24) is 45.6 Å². The van der Waals surface area contributed by atoms with E-state index in [9.17, 15) is 9.59 Å². The smallest absolute Gasteiger partial charge is 0.270 e. The van der Waals surface area contributed by atoms with E-state index in [2.05, 4.69) is 45.6 Å². The quantitative estimate of drug-likeness (QED) is 0.324. The van der Waals surface area contributed by atoms with Crippen molar-refractivity contribution < 1.29 is 9.59 Å². The Kier molecular flexibility index (Phi) is 5.62. The van der Waals surface area contributed by atoms with Crippen LogP contribution in [0.2, 0.25) is 0 Å². The number of amides is 2. The van der Waals surface area contributed by atoms with E-state index in [0.29, 0.717) is 12.4 Å². The summed E-state index contributed by atoms with van der Waals surface area (Å²) in [5.74, 6) is -0.209. The van der Waals surface area contributed by atoms with Crippen LogP contribution in [0, 0.1) is 0 Å². The summed E-state index contributed by atoms with van der Waals surface area (Å²) in [6, 6.07) is 13.1. The number of nitrogens with zero attached hydrogens (tertiary/aromatic N) is 6. The van der Waals surface area contributed by atoms with Gasteiger partial charge >= 0.3 is 0 Å². The molecule has 0 bridgehead atoms. The summed E-state index contributed by atoms with van der Waals surface area (Å²) in [6.07, 6.45) is 4.62. The lowest BCUT2D eigenvalue weighted by Gasteiger charge is -2.14. The van der Waals surface area contributed by atoms with Crippen LogP contribution in [-0.4, -0.2) is 46.8 Å². The van der Waals surface area contributed by atoms with Crippen LogP contribution < -0.4 is 10.6 Å². The summed E-state index contributed by atoms with van der Waals surface area (Å²) in [6.45, 7) is 0.336. The van der Waals surface area contributed by atoms with Crippen molar-refractivity contribution in [3.05, 3.63) is 83.1 Å². The van der Waals surface area contributed by atoms with Gasteiger partial charge in [-0.3, -0.25) is 9.59 Å². The standard InChI is InChI=1S/C24H19N9O2S/c34-23(25-10-13-1-2-16-11-28-36-21(16)7-13)19-9-20(27-12-26-19)24(35)29-18-6-4-14-8-15(3-5-17(14)18)22-30-32-33-31-22/h1-3,5,7-9,11-12,18H,4,6,10H2,(H,25,34)(H,29,35)(H,30,31,32,33)/t18-/m1/s1. The van der Waals surface area contributed by atoms with Crippen LogP contribution in [0.25, 0.3) is 21.5 Å². The lowest BCUT2D eigenvalue weighted by atomic mass is 10.0. The summed E-state index contributed by atoms with van der Waals surface area (Å²) in [5, 5.41) is 21.0. The number of carbonyl (C=O) groups is 2. The largest absolute Gasteiger partial charge is 0.347 e. The number of tetrazole rings is 1. The number of hydrogen-bond acceptors (Lipinski definition) is 9. The fourth-order valence-corrected chi connectivity index (χ4v) is 5.03. The molecule has 0 spiro atoms. The molecule has 3 N–H and O–H groups in total. The normalized spacial score (nSPS) is 14.5. The lowest BCUT2D eigenvalue weighted by Crippen LogP contribution is -2.29. The van der Waals surface area contributed by atoms with Gasteiger partial charge in [0.15, 0.2) is 0 Å². The zero-order chi connectivity index (χ0) is 24.5. The predicted molar refractivity (Wildman–Crippen MR) is 131 cm³/mol. The van der Waals surface area contributed by atoms with Gasteiger partial charge in [0.05, 0.1) is 10.7 Å². The van der Waals surface area contributed by atoms with Gasteiger partial charge in [0.25, 0.3) is 11.8 Å². The highest BCUT2D eigenvalue weighted by atomic mass is 32.1. The Hall–Kier alpha value is -4.58.